The van der Waals surface area contributed by atoms with Gasteiger partial charge < -0.3 is 25.4 Å². The Morgan fingerprint density at radius 3 is 2.20 bits per heavy atom. The summed E-state index contributed by atoms with van der Waals surface area (Å²) in [5.41, 5.74) is 6.37. The zero-order chi connectivity index (χ0) is 22.4. The van der Waals surface area contributed by atoms with Gasteiger partial charge in [-0.15, -0.1) is 0 Å². The number of fused-ring (bicyclic) bond motifs is 1. The number of hydrogen-bond donors (Lipinski definition) is 3. The summed E-state index contributed by atoms with van der Waals surface area (Å²) in [6, 6.07) is 8.06. The smallest absolute Gasteiger partial charge is 0.356 e. The topological polar surface area (TPSA) is 179 Å². The molecule has 30 heavy (non-hydrogen) atoms. The number of carboxylic acid groups (broad SMARTS) is 1. The van der Waals surface area contributed by atoms with Gasteiger partial charge in [0.15, 0.2) is 11.4 Å². The standard InChI is InChI=1S/C10H13NO2.C8H6N4O5/c1-7(11)8-3-5-9(6-4-8)10(12)13-2;1-17-8(16)4-2-3(7(14)15)9-5-6(13)10-11-12(4)5/h3-7H,11H2,1-2H3;2,13H,1H3,(H,14,15)/t7-;/m0./s1. The van der Waals surface area contributed by atoms with Crippen LogP contribution in [0.25, 0.3) is 5.65 Å². The maximum Gasteiger partial charge on any atom is 0.356 e. The van der Waals surface area contributed by atoms with Gasteiger partial charge >= 0.3 is 17.9 Å². The zero-order valence-corrected chi connectivity index (χ0v) is 16.3. The number of carboxylic acids is 1. The number of ether oxygens (including phenoxy) is 2. The van der Waals surface area contributed by atoms with Gasteiger partial charge in [0.2, 0.25) is 5.65 Å². The third kappa shape index (κ3) is 4.86. The molecule has 0 aliphatic rings. The van der Waals surface area contributed by atoms with Crippen LogP contribution in [0.5, 0.6) is 5.88 Å². The van der Waals surface area contributed by atoms with E-state index in [1.807, 2.05) is 19.1 Å². The van der Waals surface area contributed by atoms with Crippen LogP contribution in [0.2, 0.25) is 0 Å². The van der Waals surface area contributed by atoms with E-state index in [1.165, 1.54) is 7.11 Å². The van der Waals surface area contributed by atoms with Crippen molar-refractivity contribution in [3.8, 4) is 5.88 Å². The Bertz CT molecular complexity index is 1080. The minimum absolute atomic E-state index is 0.00769. The first-order valence-corrected chi connectivity index (χ1v) is 8.40. The molecule has 0 spiro atoms. The fraction of sp³-hybridized carbons (Fsp3) is 0.222. The van der Waals surface area contributed by atoms with Gasteiger partial charge in [0.05, 0.1) is 19.8 Å². The first-order chi connectivity index (χ1) is 14.2. The van der Waals surface area contributed by atoms with Gasteiger partial charge in [-0.2, -0.15) is 4.52 Å². The molecule has 3 aromatic rings. The van der Waals surface area contributed by atoms with Crippen molar-refractivity contribution in [1.82, 2.24) is 19.8 Å². The molecule has 1 aromatic carbocycles. The molecule has 0 saturated heterocycles. The Hall–Kier alpha value is -4.06. The van der Waals surface area contributed by atoms with E-state index in [4.69, 9.17) is 10.8 Å². The predicted molar refractivity (Wildman–Crippen MR) is 101 cm³/mol. The van der Waals surface area contributed by atoms with Crippen molar-refractivity contribution < 1.29 is 34.1 Å². The Kier molecular flexibility index (Phi) is 6.99. The highest BCUT2D eigenvalue weighted by Crippen LogP contribution is 2.15. The molecule has 12 nitrogen and oxygen atoms in total. The summed E-state index contributed by atoms with van der Waals surface area (Å²) < 4.78 is 9.92. The van der Waals surface area contributed by atoms with E-state index >= 15 is 0 Å². The lowest BCUT2D eigenvalue weighted by atomic mass is 10.1. The second kappa shape index (κ2) is 9.43. The van der Waals surface area contributed by atoms with Crippen LogP contribution in [0, 0.1) is 0 Å². The van der Waals surface area contributed by atoms with Gasteiger partial charge in [0.25, 0.3) is 5.88 Å². The van der Waals surface area contributed by atoms with Gasteiger partial charge in [-0.25, -0.2) is 19.4 Å². The normalized spacial score (nSPS) is 11.2. The Balaban J connectivity index is 0.000000222. The summed E-state index contributed by atoms with van der Waals surface area (Å²) in [6.07, 6.45) is 0. The van der Waals surface area contributed by atoms with E-state index in [-0.39, 0.29) is 23.4 Å². The molecule has 1 atom stereocenters. The fourth-order valence-electron chi connectivity index (χ4n) is 2.27. The second-order valence-electron chi connectivity index (χ2n) is 5.87. The van der Waals surface area contributed by atoms with E-state index in [0.717, 1.165) is 23.3 Å². The molecule has 2 aromatic heterocycles. The highest BCUT2D eigenvalue weighted by molar-refractivity contribution is 5.93. The molecule has 0 aliphatic heterocycles. The highest BCUT2D eigenvalue weighted by Gasteiger charge is 2.20. The van der Waals surface area contributed by atoms with Crippen LogP contribution in [0.4, 0.5) is 0 Å². The number of nitrogens with zero attached hydrogens (tertiary/aromatic N) is 4. The number of esters is 2. The number of aromatic hydroxyl groups is 1. The number of methoxy groups -OCH3 is 2. The van der Waals surface area contributed by atoms with Gasteiger partial charge in [-0.05, 0) is 24.6 Å². The SMILES string of the molecule is COC(=O)c1cc(C(=O)O)nc2c(O)nnn12.COC(=O)c1ccc([C@H](C)N)cc1. The number of carbonyl (C=O) groups excluding carboxylic acids is 2. The Morgan fingerprint density at radius 2 is 1.70 bits per heavy atom. The van der Waals surface area contributed by atoms with Crippen LogP contribution >= 0.6 is 0 Å². The molecule has 0 unspecified atom stereocenters. The Morgan fingerprint density at radius 1 is 1.10 bits per heavy atom. The van der Waals surface area contributed by atoms with Crippen molar-refractivity contribution >= 4 is 23.6 Å². The number of rotatable bonds is 4. The van der Waals surface area contributed by atoms with Crippen LogP contribution in [0.1, 0.15) is 49.9 Å². The molecule has 2 heterocycles. The third-order valence-corrected chi connectivity index (χ3v) is 3.83. The molecule has 4 N–H and O–H groups in total. The van der Waals surface area contributed by atoms with E-state index in [9.17, 15) is 19.5 Å². The van der Waals surface area contributed by atoms with Crippen molar-refractivity contribution in [2.45, 2.75) is 13.0 Å². The average Bonchev–Trinajstić information content (AvgIpc) is 3.13. The molecule has 158 valence electrons. The van der Waals surface area contributed by atoms with E-state index in [2.05, 4.69) is 24.8 Å². The minimum Gasteiger partial charge on any atom is -0.489 e. The van der Waals surface area contributed by atoms with Crippen molar-refractivity contribution in [3.63, 3.8) is 0 Å². The average molecular weight is 417 g/mol. The van der Waals surface area contributed by atoms with E-state index in [1.54, 1.807) is 12.1 Å². The van der Waals surface area contributed by atoms with Crippen LogP contribution < -0.4 is 5.73 Å². The summed E-state index contributed by atoms with van der Waals surface area (Å²) in [6.45, 7) is 1.90. The number of carbonyl (C=O) groups is 3. The molecule has 0 fully saturated rings. The fourth-order valence-corrected chi connectivity index (χ4v) is 2.27. The maximum absolute atomic E-state index is 11.4. The molecular formula is C18H19N5O7. The van der Waals surface area contributed by atoms with Crippen LogP contribution in [-0.2, 0) is 9.47 Å². The van der Waals surface area contributed by atoms with E-state index in [0.29, 0.717) is 5.56 Å². The first kappa shape index (κ1) is 22.2. The number of hydrogen-bond acceptors (Lipinski definition) is 10. The maximum atomic E-state index is 11.4. The molecule has 12 heteroatoms. The minimum atomic E-state index is -1.35. The van der Waals surface area contributed by atoms with E-state index < -0.39 is 23.5 Å². The lowest BCUT2D eigenvalue weighted by molar-refractivity contribution is 0.0585. The lowest BCUT2D eigenvalue weighted by Gasteiger charge is -2.05. The van der Waals surface area contributed by atoms with Crippen molar-refractivity contribution in [1.29, 1.82) is 0 Å². The van der Waals surface area contributed by atoms with Crippen molar-refractivity contribution in [2.75, 3.05) is 14.2 Å². The van der Waals surface area contributed by atoms with Crippen molar-refractivity contribution in [3.05, 3.63) is 52.8 Å². The third-order valence-electron chi connectivity index (χ3n) is 3.83. The van der Waals surface area contributed by atoms with Crippen LogP contribution in [0.15, 0.2) is 30.3 Å². The molecule has 0 radical (unpaired) electrons. The molecule has 3 rings (SSSR count). The lowest BCUT2D eigenvalue weighted by Crippen LogP contribution is -2.13. The molecule has 0 bridgehead atoms. The quantitative estimate of drug-likeness (QED) is 0.511. The summed E-state index contributed by atoms with van der Waals surface area (Å²) in [7, 11) is 2.49. The summed E-state index contributed by atoms with van der Waals surface area (Å²) in [4.78, 5) is 36.8. The largest absolute Gasteiger partial charge is 0.489 e. The monoisotopic (exact) mass is 417 g/mol. The number of aromatic carboxylic acids is 1. The number of nitrogens with two attached hydrogens (primary N) is 1. The summed E-state index contributed by atoms with van der Waals surface area (Å²) >= 11 is 0. The molecular weight excluding hydrogens is 398 g/mol. The second-order valence-corrected chi connectivity index (χ2v) is 5.87. The van der Waals surface area contributed by atoms with Crippen LogP contribution in [0.3, 0.4) is 0 Å². The zero-order valence-electron chi connectivity index (χ0n) is 16.3. The summed E-state index contributed by atoms with van der Waals surface area (Å²) in [5.74, 6) is -3.06. The van der Waals surface area contributed by atoms with Gasteiger partial charge in [-0.1, -0.05) is 22.4 Å². The Labute approximate surface area is 169 Å². The molecule has 0 saturated carbocycles. The highest BCUT2D eigenvalue weighted by atomic mass is 16.5. The van der Waals surface area contributed by atoms with Gasteiger partial charge in [-0.3, -0.25) is 0 Å². The number of benzene rings is 1. The van der Waals surface area contributed by atoms with Gasteiger partial charge in [0.1, 0.15) is 0 Å². The molecule has 0 aliphatic carbocycles. The van der Waals surface area contributed by atoms with Crippen molar-refractivity contribution in [2.24, 2.45) is 5.73 Å². The predicted octanol–water partition coefficient (Wildman–Crippen LogP) is 0.808. The number of aromatic nitrogens is 4. The van der Waals surface area contributed by atoms with Crippen LogP contribution in [-0.4, -0.2) is 62.2 Å². The first-order valence-electron chi connectivity index (χ1n) is 8.40. The molecule has 0 amide bonds. The summed E-state index contributed by atoms with van der Waals surface area (Å²) in [5, 5.41) is 24.8. The van der Waals surface area contributed by atoms with Gasteiger partial charge in [0, 0.05) is 12.1 Å².